The first-order valence-corrected chi connectivity index (χ1v) is 4.18. The number of nitrogens with zero attached hydrogens (tertiary/aromatic N) is 1. The number of carboxylic acid groups (broad SMARTS) is 1. The third kappa shape index (κ3) is 2.93. The van der Waals surface area contributed by atoms with Gasteiger partial charge in [-0.05, 0) is 12.1 Å². The van der Waals surface area contributed by atoms with Crippen molar-refractivity contribution in [3.8, 4) is 5.75 Å². The molecular weight excluding hydrogens is 184 g/mol. The van der Waals surface area contributed by atoms with Crippen molar-refractivity contribution in [3.05, 3.63) is 18.3 Å². The molecule has 0 fully saturated rings. The molecule has 0 saturated heterocycles. The largest absolute Gasteiger partial charge is 0.493 e. The zero-order chi connectivity index (χ0) is 10.4. The van der Waals surface area contributed by atoms with Crippen LogP contribution in [-0.4, -0.2) is 29.7 Å². The van der Waals surface area contributed by atoms with Crippen molar-refractivity contribution in [3.63, 3.8) is 0 Å². The molecule has 0 amide bonds. The fourth-order valence-electron chi connectivity index (χ4n) is 0.976. The molecule has 14 heavy (non-hydrogen) atoms. The first-order chi connectivity index (χ1) is 6.74. The number of nitrogens with one attached hydrogen (secondary N) is 1. The average Bonchev–Trinajstić information content (AvgIpc) is 2.18. The van der Waals surface area contributed by atoms with E-state index in [9.17, 15) is 4.79 Å². The van der Waals surface area contributed by atoms with Gasteiger partial charge in [0.25, 0.3) is 0 Å². The minimum absolute atomic E-state index is 0.0553. The van der Waals surface area contributed by atoms with Gasteiger partial charge in [0.15, 0.2) is 11.6 Å². The van der Waals surface area contributed by atoms with E-state index in [2.05, 4.69) is 10.3 Å². The lowest BCUT2D eigenvalue weighted by molar-refractivity contribution is -0.136. The van der Waals surface area contributed by atoms with Gasteiger partial charge in [-0.3, -0.25) is 4.79 Å². The van der Waals surface area contributed by atoms with Crippen molar-refractivity contribution in [1.29, 1.82) is 0 Å². The van der Waals surface area contributed by atoms with Gasteiger partial charge in [-0.1, -0.05) is 0 Å². The van der Waals surface area contributed by atoms with Crippen LogP contribution in [0.2, 0.25) is 0 Å². The number of hydrogen-bond donors (Lipinski definition) is 2. The van der Waals surface area contributed by atoms with E-state index < -0.39 is 5.97 Å². The van der Waals surface area contributed by atoms with E-state index in [4.69, 9.17) is 9.84 Å². The number of carbonyl (C=O) groups is 1. The van der Waals surface area contributed by atoms with Gasteiger partial charge >= 0.3 is 5.97 Å². The van der Waals surface area contributed by atoms with E-state index in [-0.39, 0.29) is 6.42 Å². The summed E-state index contributed by atoms with van der Waals surface area (Å²) in [6, 6.07) is 3.51. The van der Waals surface area contributed by atoms with Crippen LogP contribution in [0, 0.1) is 0 Å². The number of rotatable bonds is 5. The lowest BCUT2D eigenvalue weighted by Crippen LogP contribution is -2.09. The molecule has 0 aliphatic heterocycles. The van der Waals surface area contributed by atoms with Crippen LogP contribution in [0.4, 0.5) is 5.82 Å². The molecule has 1 aromatic rings. The van der Waals surface area contributed by atoms with Crippen LogP contribution in [0.15, 0.2) is 18.3 Å². The molecule has 5 nitrogen and oxygen atoms in total. The number of carboxylic acids is 1. The van der Waals surface area contributed by atoms with E-state index in [1.807, 2.05) is 0 Å². The molecular formula is C9H12N2O3. The maximum absolute atomic E-state index is 10.3. The van der Waals surface area contributed by atoms with Crippen molar-refractivity contribution in [2.75, 3.05) is 19.0 Å². The number of pyridine rings is 1. The van der Waals surface area contributed by atoms with Crippen LogP contribution in [-0.2, 0) is 4.79 Å². The van der Waals surface area contributed by atoms with E-state index in [1.165, 1.54) is 0 Å². The number of hydrogen-bond acceptors (Lipinski definition) is 4. The standard InChI is InChI=1S/C9H12N2O3/c1-14-7-3-2-5-10-9(7)11-6-4-8(12)13/h2-3,5H,4,6H2,1H3,(H,10,11)(H,12,13). The molecule has 0 bridgehead atoms. The van der Waals surface area contributed by atoms with Gasteiger partial charge in [0.05, 0.1) is 13.5 Å². The number of aromatic nitrogens is 1. The van der Waals surface area contributed by atoms with Crippen molar-refractivity contribution in [2.45, 2.75) is 6.42 Å². The summed E-state index contributed by atoms with van der Waals surface area (Å²) in [7, 11) is 1.54. The van der Waals surface area contributed by atoms with Crippen molar-refractivity contribution < 1.29 is 14.6 Å². The molecule has 0 saturated carbocycles. The number of ether oxygens (including phenoxy) is 1. The van der Waals surface area contributed by atoms with Gasteiger partial charge in [0.2, 0.25) is 0 Å². The molecule has 0 radical (unpaired) electrons. The average molecular weight is 196 g/mol. The molecule has 0 aliphatic carbocycles. The van der Waals surface area contributed by atoms with Gasteiger partial charge < -0.3 is 15.2 Å². The Morgan fingerprint density at radius 3 is 3.14 bits per heavy atom. The van der Waals surface area contributed by atoms with E-state index in [0.717, 1.165) is 0 Å². The lowest BCUT2D eigenvalue weighted by atomic mass is 10.4. The molecule has 1 heterocycles. The summed E-state index contributed by atoms with van der Waals surface area (Å²) < 4.78 is 5.03. The Balaban J connectivity index is 2.53. The molecule has 0 aromatic carbocycles. The Morgan fingerprint density at radius 2 is 2.50 bits per heavy atom. The molecule has 1 rings (SSSR count). The topological polar surface area (TPSA) is 71.5 Å². The summed E-state index contributed by atoms with van der Waals surface area (Å²) in [5.41, 5.74) is 0. The predicted molar refractivity (Wildman–Crippen MR) is 51.5 cm³/mol. The number of aliphatic carboxylic acids is 1. The number of methoxy groups -OCH3 is 1. The van der Waals surface area contributed by atoms with E-state index in [1.54, 1.807) is 25.4 Å². The monoisotopic (exact) mass is 196 g/mol. The minimum Gasteiger partial charge on any atom is -0.493 e. The van der Waals surface area contributed by atoms with Crippen LogP contribution in [0.5, 0.6) is 5.75 Å². The second-order valence-electron chi connectivity index (χ2n) is 2.62. The summed E-state index contributed by atoms with van der Waals surface area (Å²) in [5, 5.41) is 11.3. The van der Waals surface area contributed by atoms with Gasteiger partial charge in [-0.25, -0.2) is 4.98 Å². The van der Waals surface area contributed by atoms with Crippen LogP contribution in [0.25, 0.3) is 0 Å². The Kier molecular flexibility index (Phi) is 3.72. The lowest BCUT2D eigenvalue weighted by Gasteiger charge is -2.07. The fourth-order valence-corrected chi connectivity index (χ4v) is 0.976. The Hall–Kier alpha value is -1.78. The van der Waals surface area contributed by atoms with E-state index >= 15 is 0 Å². The maximum Gasteiger partial charge on any atom is 0.305 e. The van der Waals surface area contributed by atoms with E-state index in [0.29, 0.717) is 18.1 Å². The molecule has 1 aromatic heterocycles. The highest BCUT2D eigenvalue weighted by Crippen LogP contribution is 2.19. The summed E-state index contributed by atoms with van der Waals surface area (Å²) in [4.78, 5) is 14.3. The molecule has 0 spiro atoms. The highest BCUT2D eigenvalue weighted by Gasteiger charge is 2.02. The summed E-state index contributed by atoms with van der Waals surface area (Å²) in [5.74, 6) is 0.335. The van der Waals surface area contributed by atoms with Crippen LogP contribution >= 0.6 is 0 Å². The van der Waals surface area contributed by atoms with Crippen molar-refractivity contribution in [2.24, 2.45) is 0 Å². The SMILES string of the molecule is COc1cccnc1NCCC(=O)O. The maximum atomic E-state index is 10.3. The Labute approximate surface area is 81.7 Å². The van der Waals surface area contributed by atoms with Gasteiger partial charge in [0.1, 0.15) is 0 Å². The summed E-state index contributed by atoms with van der Waals surface area (Å²) in [6.07, 6.45) is 1.67. The van der Waals surface area contributed by atoms with Crippen LogP contribution in [0.3, 0.4) is 0 Å². The number of anilines is 1. The third-order valence-corrected chi connectivity index (χ3v) is 1.62. The van der Waals surface area contributed by atoms with Crippen molar-refractivity contribution in [1.82, 2.24) is 4.98 Å². The second kappa shape index (κ2) is 5.06. The van der Waals surface area contributed by atoms with Crippen molar-refractivity contribution >= 4 is 11.8 Å². The molecule has 5 heteroatoms. The fraction of sp³-hybridized carbons (Fsp3) is 0.333. The van der Waals surface area contributed by atoms with Gasteiger partial charge in [-0.2, -0.15) is 0 Å². The highest BCUT2D eigenvalue weighted by atomic mass is 16.5. The molecule has 0 aliphatic rings. The molecule has 76 valence electrons. The van der Waals surface area contributed by atoms with Gasteiger partial charge in [-0.15, -0.1) is 0 Å². The third-order valence-electron chi connectivity index (χ3n) is 1.62. The first-order valence-electron chi connectivity index (χ1n) is 4.18. The minimum atomic E-state index is -0.840. The van der Waals surface area contributed by atoms with Crippen LogP contribution < -0.4 is 10.1 Å². The first kappa shape index (κ1) is 10.3. The quantitative estimate of drug-likeness (QED) is 0.734. The molecule has 2 N–H and O–H groups in total. The summed E-state index contributed by atoms with van der Waals surface area (Å²) >= 11 is 0. The van der Waals surface area contributed by atoms with Crippen LogP contribution in [0.1, 0.15) is 6.42 Å². The smallest absolute Gasteiger partial charge is 0.305 e. The Morgan fingerprint density at radius 1 is 1.71 bits per heavy atom. The second-order valence-corrected chi connectivity index (χ2v) is 2.62. The zero-order valence-corrected chi connectivity index (χ0v) is 7.86. The normalized spacial score (nSPS) is 9.50. The summed E-state index contributed by atoms with van der Waals surface area (Å²) in [6.45, 7) is 0.336. The highest BCUT2D eigenvalue weighted by molar-refractivity contribution is 5.67. The van der Waals surface area contributed by atoms with Gasteiger partial charge in [0, 0.05) is 12.7 Å². The molecule has 0 unspecified atom stereocenters. The predicted octanol–water partition coefficient (Wildman–Crippen LogP) is 0.977. The molecule has 0 atom stereocenters. The Bertz CT molecular complexity index is 315. The zero-order valence-electron chi connectivity index (χ0n) is 7.86.